The molecule has 0 aromatic carbocycles. The lowest BCUT2D eigenvalue weighted by Crippen LogP contribution is -2.14. The van der Waals surface area contributed by atoms with Gasteiger partial charge in [0.25, 0.3) is 0 Å². The first-order valence-electron chi connectivity index (χ1n) is 5.36. The van der Waals surface area contributed by atoms with E-state index in [4.69, 9.17) is 5.84 Å². The normalized spacial score (nSPS) is 10.2. The predicted octanol–water partition coefficient (Wildman–Crippen LogP) is 1.65. The molecule has 4 N–H and O–H groups in total. The van der Waals surface area contributed by atoms with E-state index in [0.29, 0.717) is 6.54 Å². The lowest BCUT2D eigenvalue weighted by atomic mass is 10.3. The van der Waals surface area contributed by atoms with E-state index in [9.17, 15) is 10.1 Å². The maximum atomic E-state index is 11.0. The molecule has 2 heterocycles. The van der Waals surface area contributed by atoms with E-state index in [1.807, 2.05) is 16.8 Å². The Labute approximate surface area is 112 Å². The molecule has 0 aliphatic heterocycles. The molecule has 19 heavy (non-hydrogen) atoms. The number of thiophene rings is 1. The number of nitrogens with two attached hydrogens (primary N) is 1. The average molecular weight is 280 g/mol. The second-order valence-corrected chi connectivity index (χ2v) is 4.50. The minimum atomic E-state index is -0.508. The van der Waals surface area contributed by atoms with Gasteiger partial charge in [0.05, 0.1) is 4.92 Å². The van der Waals surface area contributed by atoms with Gasteiger partial charge < -0.3 is 5.32 Å². The van der Waals surface area contributed by atoms with Gasteiger partial charge in [0, 0.05) is 6.54 Å². The molecule has 9 heteroatoms. The van der Waals surface area contributed by atoms with Crippen molar-refractivity contribution in [3.05, 3.63) is 38.2 Å². The Bertz CT molecular complexity index is 586. The fourth-order valence-corrected chi connectivity index (χ4v) is 2.22. The number of anilines is 2. The zero-order valence-corrected chi connectivity index (χ0v) is 10.9. The molecule has 0 fully saturated rings. The van der Waals surface area contributed by atoms with Crippen LogP contribution in [-0.2, 0) is 6.54 Å². The van der Waals surface area contributed by atoms with Crippen molar-refractivity contribution in [3.63, 3.8) is 0 Å². The number of nitrogens with one attached hydrogen (secondary N) is 2. The van der Waals surface area contributed by atoms with E-state index in [1.165, 1.54) is 6.92 Å². The predicted molar refractivity (Wildman–Crippen MR) is 72.9 cm³/mol. The van der Waals surface area contributed by atoms with Crippen LogP contribution in [0.3, 0.4) is 0 Å². The third kappa shape index (κ3) is 2.95. The SMILES string of the molecule is Cc1nc(NN)nc(NCc2ccsc2)c1[N+](=O)[O-]. The number of hydrogen-bond donors (Lipinski definition) is 3. The van der Waals surface area contributed by atoms with Crippen LogP contribution in [-0.4, -0.2) is 14.9 Å². The summed E-state index contributed by atoms with van der Waals surface area (Å²) in [5.41, 5.74) is 3.42. The number of nitrogen functional groups attached to an aromatic ring is 1. The lowest BCUT2D eigenvalue weighted by molar-refractivity contribution is -0.385. The van der Waals surface area contributed by atoms with Crippen LogP contribution in [0.15, 0.2) is 16.8 Å². The van der Waals surface area contributed by atoms with E-state index in [-0.39, 0.29) is 23.1 Å². The molecule has 0 amide bonds. The van der Waals surface area contributed by atoms with Crippen LogP contribution >= 0.6 is 11.3 Å². The monoisotopic (exact) mass is 280 g/mol. The Hall–Kier alpha value is -2.26. The maximum absolute atomic E-state index is 11.0. The Morgan fingerprint density at radius 3 is 2.89 bits per heavy atom. The van der Waals surface area contributed by atoms with Gasteiger partial charge in [-0.25, -0.2) is 10.8 Å². The standard InChI is InChI=1S/C10H12N6O2S/c1-6-8(16(17)18)9(14-10(13-6)15-11)12-4-7-2-3-19-5-7/h2-3,5H,4,11H2,1H3,(H2,12,13,14,15). The molecule has 0 saturated heterocycles. The summed E-state index contributed by atoms with van der Waals surface area (Å²) in [6.07, 6.45) is 0. The lowest BCUT2D eigenvalue weighted by Gasteiger charge is -2.08. The van der Waals surface area contributed by atoms with Crippen molar-refractivity contribution in [1.29, 1.82) is 0 Å². The van der Waals surface area contributed by atoms with Crippen LogP contribution in [0.1, 0.15) is 11.3 Å². The van der Waals surface area contributed by atoms with E-state index < -0.39 is 4.92 Å². The molecule has 0 saturated carbocycles. The molecule has 0 bridgehead atoms. The highest BCUT2D eigenvalue weighted by Crippen LogP contribution is 2.26. The second-order valence-electron chi connectivity index (χ2n) is 3.72. The summed E-state index contributed by atoms with van der Waals surface area (Å²) < 4.78 is 0. The molecular weight excluding hydrogens is 268 g/mol. The smallest absolute Gasteiger partial charge is 0.332 e. The molecular formula is C10H12N6O2S. The van der Waals surface area contributed by atoms with Gasteiger partial charge in [0.2, 0.25) is 11.8 Å². The van der Waals surface area contributed by atoms with Crippen LogP contribution in [0.2, 0.25) is 0 Å². The molecule has 8 nitrogen and oxygen atoms in total. The zero-order valence-electron chi connectivity index (χ0n) is 10.1. The van der Waals surface area contributed by atoms with Crippen LogP contribution in [0, 0.1) is 17.0 Å². The Morgan fingerprint density at radius 1 is 1.53 bits per heavy atom. The van der Waals surface area contributed by atoms with Crippen LogP contribution in [0.4, 0.5) is 17.5 Å². The third-order valence-corrected chi connectivity index (χ3v) is 3.14. The summed E-state index contributed by atoms with van der Waals surface area (Å²) in [6.45, 7) is 1.99. The minimum absolute atomic E-state index is 0.135. The van der Waals surface area contributed by atoms with Crippen LogP contribution in [0.5, 0.6) is 0 Å². The molecule has 0 atom stereocenters. The van der Waals surface area contributed by atoms with E-state index in [1.54, 1.807) is 11.3 Å². The van der Waals surface area contributed by atoms with Gasteiger partial charge in [0.1, 0.15) is 5.69 Å². The fraction of sp³-hybridized carbons (Fsp3) is 0.200. The summed E-state index contributed by atoms with van der Waals surface area (Å²) in [7, 11) is 0. The Morgan fingerprint density at radius 2 is 2.32 bits per heavy atom. The Balaban J connectivity index is 2.30. The van der Waals surface area contributed by atoms with Crippen molar-refractivity contribution >= 4 is 28.8 Å². The summed E-state index contributed by atoms with van der Waals surface area (Å²) in [5, 5.41) is 17.9. The zero-order chi connectivity index (χ0) is 13.8. The Kier molecular flexibility index (Phi) is 3.88. The highest BCUT2D eigenvalue weighted by molar-refractivity contribution is 7.07. The summed E-state index contributed by atoms with van der Waals surface area (Å²) in [6, 6.07) is 1.93. The molecule has 0 aliphatic rings. The molecule has 0 unspecified atom stereocenters. The topological polar surface area (TPSA) is 119 Å². The second kappa shape index (κ2) is 5.59. The number of nitrogens with zero attached hydrogens (tertiary/aromatic N) is 3. The van der Waals surface area contributed by atoms with Gasteiger partial charge in [-0.3, -0.25) is 15.5 Å². The number of hydrogen-bond acceptors (Lipinski definition) is 8. The van der Waals surface area contributed by atoms with Crippen LogP contribution in [0.25, 0.3) is 0 Å². The minimum Gasteiger partial charge on any atom is -0.360 e. The maximum Gasteiger partial charge on any atom is 0.332 e. The van der Waals surface area contributed by atoms with Gasteiger partial charge in [-0.15, -0.1) is 0 Å². The molecule has 2 aromatic heterocycles. The number of nitro groups is 1. The van der Waals surface area contributed by atoms with E-state index in [0.717, 1.165) is 5.56 Å². The average Bonchev–Trinajstić information content (AvgIpc) is 2.88. The molecule has 100 valence electrons. The quantitative estimate of drug-likeness (QED) is 0.433. The van der Waals surface area contributed by atoms with Crippen molar-refractivity contribution in [2.24, 2.45) is 5.84 Å². The highest BCUT2D eigenvalue weighted by Gasteiger charge is 2.21. The van der Waals surface area contributed by atoms with Crippen LogP contribution < -0.4 is 16.6 Å². The van der Waals surface area contributed by atoms with Crippen molar-refractivity contribution in [2.75, 3.05) is 10.7 Å². The van der Waals surface area contributed by atoms with Crippen molar-refractivity contribution < 1.29 is 4.92 Å². The molecule has 0 radical (unpaired) electrons. The molecule has 2 rings (SSSR count). The first kappa shape index (κ1) is 13.2. The van der Waals surface area contributed by atoms with E-state index >= 15 is 0 Å². The number of rotatable bonds is 5. The molecule has 0 spiro atoms. The van der Waals surface area contributed by atoms with Gasteiger partial charge in [-0.2, -0.15) is 16.3 Å². The van der Waals surface area contributed by atoms with Gasteiger partial charge in [-0.1, -0.05) is 0 Å². The number of aryl methyl sites for hydroxylation is 1. The van der Waals surface area contributed by atoms with Gasteiger partial charge >= 0.3 is 5.69 Å². The highest BCUT2D eigenvalue weighted by atomic mass is 32.1. The summed E-state index contributed by atoms with van der Waals surface area (Å²) >= 11 is 1.56. The molecule has 0 aliphatic carbocycles. The number of hydrazine groups is 1. The van der Waals surface area contributed by atoms with E-state index in [2.05, 4.69) is 20.7 Å². The first-order valence-corrected chi connectivity index (χ1v) is 6.30. The summed E-state index contributed by atoms with van der Waals surface area (Å²) in [4.78, 5) is 18.4. The van der Waals surface area contributed by atoms with Gasteiger partial charge in [0.15, 0.2) is 0 Å². The first-order chi connectivity index (χ1) is 9.11. The summed E-state index contributed by atoms with van der Waals surface area (Å²) in [5.74, 6) is 5.52. The third-order valence-electron chi connectivity index (χ3n) is 2.41. The van der Waals surface area contributed by atoms with Crippen molar-refractivity contribution in [3.8, 4) is 0 Å². The fourth-order valence-electron chi connectivity index (χ4n) is 1.55. The van der Waals surface area contributed by atoms with Gasteiger partial charge in [-0.05, 0) is 29.3 Å². The molecule has 2 aromatic rings. The number of aromatic nitrogens is 2. The largest absolute Gasteiger partial charge is 0.360 e. The van der Waals surface area contributed by atoms with Crippen molar-refractivity contribution in [1.82, 2.24) is 9.97 Å². The van der Waals surface area contributed by atoms with Crippen molar-refractivity contribution in [2.45, 2.75) is 13.5 Å².